The van der Waals surface area contributed by atoms with Crippen molar-refractivity contribution in [2.75, 3.05) is 0 Å². The average molecular weight is 387 g/mol. The largest absolute Gasteiger partial charge is 0.550 e. The van der Waals surface area contributed by atoms with Crippen LogP contribution in [0.2, 0.25) is 5.02 Å². The SMILES string of the molecule is N#Cc1ccc(B(Oc2cccc3cccnc23)c2cc(Cl)ccc2F)cc1. The van der Waals surface area contributed by atoms with Crippen LogP contribution in [0.5, 0.6) is 5.75 Å². The minimum atomic E-state index is -0.751. The van der Waals surface area contributed by atoms with E-state index < -0.39 is 12.7 Å². The van der Waals surface area contributed by atoms with Gasteiger partial charge in [-0.15, -0.1) is 0 Å². The van der Waals surface area contributed by atoms with Crippen molar-refractivity contribution in [1.82, 2.24) is 4.98 Å². The molecule has 6 heteroatoms. The first-order chi connectivity index (χ1) is 13.7. The molecule has 4 rings (SSSR count). The van der Waals surface area contributed by atoms with E-state index in [1.54, 1.807) is 42.6 Å². The molecule has 4 aromatic rings. The maximum Gasteiger partial charge on any atom is 0.429 e. The Morgan fingerprint density at radius 3 is 2.57 bits per heavy atom. The van der Waals surface area contributed by atoms with Gasteiger partial charge in [0.15, 0.2) is 0 Å². The topological polar surface area (TPSA) is 45.9 Å². The van der Waals surface area contributed by atoms with Gasteiger partial charge < -0.3 is 4.65 Å². The molecule has 0 N–H and O–H groups in total. The van der Waals surface area contributed by atoms with Crippen molar-refractivity contribution in [3.8, 4) is 11.8 Å². The summed E-state index contributed by atoms with van der Waals surface area (Å²) in [6, 6.07) is 22.7. The molecule has 3 aromatic carbocycles. The van der Waals surface area contributed by atoms with Gasteiger partial charge in [-0.2, -0.15) is 5.26 Å². The van der Waals surface area contributed by atoms with Gasteiger partial charge in [-0.3, -0.25) is 4.98 Å². The zero-order chi connectivity index (χ0) is 19.5. The Hall–Kier alpha value is -3.36. The Kier molecular flexibility index (Phi) is 4.97. The minimum Gasteiger partial charge on any atom is -0.550 e. The number of nitriles is 1. The van der Waals surface area contributed by atoms with Crippen molar-refractivity contribution in [3.05, 3.63) is 95.4 Å². The molecule has 0 radical (unpaired) electrons. The molecule has 0 saturated carbocycles. The van der Waals surface area contributed by atoms with E-state index >= 15 is 0 Å². The van der Waals surface area contributed by atoms with E-state index in [-0.39, 0.29) is 0 Å². The first-order valence-electron chi connectivity index (χ1n) is 8.61. The number of rotatable bonds is 4. The van der Waals surface area contributed by atoms with Crippen LogP contribution in [0, 0.1) is 17.1 Å². The van der Waals surface area contributed by atoms with Crippen molar-refractivity contribution in [2.45, 2.75) is 0 Å². The Bertz CT molecular complexity index is 1190. The highest BCUT2D eigenvalue weighted by Crippen LogP contribution is 2.24. The van der Waals surface area contributed by atoms with Crippen LogP contribution in [0.25, 0.3) is 10.9 Å². The van der Waals surface area contributed by atoms with E-state index in [1.807, 2.05) is 24.3 Å². The second-order valence-electron chi connectivity index (χ2n) is 6.23. The van der Waals surface area contributed by atoms with Crippen molar-refractivity contribution in [1.29, 1.82) is 5.26 Å². The summed E-state index contributed by atoms with van der Waals surface area (Å²) < 4.78 is 20.9. The fourth-order valence-electron chi connectivity index (χ4n) is 3.06. The maximum absolute atomic E-state index is 14.7. The van der Waals surface area contributed by atoms with Crippen LogP contribution in [0.15, 0.2) is 79.0 Å². The summed E-state index contributed by atoms with van der Waals surface area (Å²) in [6.45, 7) is -0.751. The maximum atomic E-state index is 14.7. The van der Waals surface area contributed by atoms with Gasteiger partial charge in [0, 0.05) is 22.1 Å². The van der Waals surface area contributed by atoms with Crippen molar-refractivity contribution in [2.24, 2.45) is 0 Å². The van der Waals surface area contributed by atoms with Crippen LogP contribution in [0.1, 0.15) is 5.56 Å². The van der Waals surface area contributed by atoms with Gasteiger partial charge in [-0.1, -0.05) is 41.9 Å². The zero-order valence-corrected chi connectivity index (χ0v) is 15.4. The van der Waals surface area contributed by atoms with Gasteiger partial charge in [0.2, 0.25) is 0 Å². The molecule has 0 atom stereocenters. The predicted octanol–water partition coefficient (Wildman–Crippen LogP) is 4.08. The third kappa shape index (κ3) is 3.55. The molecule has 0 aliphatic rings. The molecule has 0 amide bonds. The zero-order valence-electron chi connectivity index (χ0n) is 14.6. The smallest absolute Gasteiger partial charge is 0.429 e. The molecule has 0 bridgehead atoms. The normalized spacial score (nSPS) is 10.5. The summed E-state index contributed by atoms with van der Waals surface area (Å²) in [5, 5.41) is 10.4. The summed E-state index contributed by atoms with van der Waals surface area (Å²) in [6.07, 6.45) is 1.69. The number of para-hydroxylation sites is 1. The van der Waals surface area contributed by atoms with Crippen LogP contribution in [-0.2, 0) is 0 Å². The molecule has 0 unspecified atom stereocenters. The van der Waals surface area contributed by atoms with Gasteiger partial charge in [0.25, 0.3) is 0 Å². The molecule has 0 aliphatic heterocycles. The molecule has 1 aromatic heterocycles. The lowest BCUT2D eigenvalue weighted by Gasteiger charge is -2.18. The number of pyridine rings is 1. The lowest BCUT2D eigenvalue weighted by Crippen LogP contribution is -2.49. The molecule has 0 saturated heterocycles. The highest BCUT2D eigenvalue weighted by atomic mass is 35.5. The number of hydrogen-bond acceptors (Lipinski definition) is 3. The monoisotopic (exact) mass is 386 g/mol. The molecule has 28 heavy (non-hydrogen) atoms. The molecule has 134 valence electrons. The van der Waals surface area contributed by atoms with Crippen LogP contribution in [0.4, 0.5) is 4.39 Å². The summed E-state index contributed by atoms with van der Waals surface area (Å²) in [4.78, 5) is 4.40. The van der Waals surface area contributed by atoms with Gasteiger partial charge in [0.1, 0.15) is 17.1 Å². The molecular weight excluding hydrogens is 374 g/mol. The number of aromatic nitrogens is 1. The fraction of sp³-hybridized carbons (Fsp3) is 0. The number of hydrogen-bond donors (Lipinski definition) is 0. The highest BCUT2D eigenvalue weighted by Gasteiger charge is 2.28. The van der Waals surface area contributed by atoms with Gasteiger partial charge in [-0.05, 0) is 47.9 Å². The van der Waals surface area contributed by atoms with Crippen LogP contribution in [-0.4, -0.2) is 11.9 Å². The Balaban J connectivity index is 1.85. The number of nitrogens with zero attached hydrogens (tertiary/aromatic N) is 2. The number of halogens is 2. The Labute approximate surface area is 167 Å². The molecule has 0 spiro atoms. The van der Waals surface area contributed by atoms with Crippen LogP contribution < -0.4 is 15.6 Å². The van der Waals surface area contributed by atoms with Crippen LogP contribution >= 0.6 is 11.6 Å². The summed E-state index contributed by atoms with van der Waals surface area (Å²) in [7, 11) is 0. The predicted molar refractivity (Wildman–Crippen MR) is 110 cm³/mol. The summed E-state index contributed by atoms with van der Waals surface area (Å²) in [5.74, 6) is 0.110. The van der Waals surface area contributed by atoms with E-state index in [1.165, 1.54) is 12.1 Å². The van der Waals surface area contributed by atoms with E-state index in [0.29, 0.717) is 32.8 Å². The Morgan fingerprint density at radius 2 is 1.79 bits per heavy atom. The standard InChI is InChI=1S/C22H13BClFN2O/c24-18-10-11-20(25)19(13-18)23(17-8-6-15(14-26)7-9-17)28-21-5-1-3-16-4-2-12-27-22(16)21/h1-13H. The van der Waals surface area contributed by atoms with Crippen molar-refractivity contribution >= 4 is 40.3 Å². The van der Waals surface area contributed by atoms with E-state index in [0.717, 1.165) is 5.39 Å². The second kappa shape index (κ2) is 7.71. The quantitative estimate of drug-likeness (QED) is 0.496. The average Bonchev–Trinajstić information content (AvgIpc) is 2.74. The fourth-order valence-corrected chi connectivity index (χ4v) is 3.24. The van der Waals surface area contributed by atoms with Gasteiger partial charge >= 0.3 is 6.92 Å². The third-order valence-corrected chi connectivity index (χ3v) is 4.66. The number of fused-ring (bicyclic) bond motifs is 1. The van der Waals surface area contributed by atoms with Gasteiger partial charge in [0.05, 0.1) is 11.6 Å². The van der Waals surface area contributed by atoms with E-state index in [4.69, 9.17) is 21.5 Å². The van der Waals surface area contributed by atoms with Gasteiger partial charge in [-0.25, -0.2) is 4.39 Å². The molecule has 0 aliphatic carbocycles. The lowest BCUT2D eigenvalue weighted by atomic mass is 9.55. The third-order valence-electron chi connectivity index (χ3n) is 4.42. The highest BCUT2D eigenvalue weighted by molar-refractivity contribution is 6.80. The van der Waals surface area contributed by atoms with Crippen molar-refractivity contribution in [3.63, 3.8) is 0 Å². The molecule has 3 nitrogen and oxygen atoms in total. The summed E-state index contributed by atoms with van der Waals surface area (Å²) in [5.41, 5.74) is 2.21. The minimum absolute atomic E-state index is 0.310. The lowest BCUT2D eigenvalue weighted by molar-refractivity contribution is 0.588. The van der Waals surface area contributed by atoms with E-state index in [9.17, 15) is 4.39 Å². The summed E-state index contributed by atoms with van der Waals surface area (Å²) >= 11 is 6.12. The first kappa shape index (κ1) is 18.0. The van der Waals surface area contributed by atoms with Crippen LogP contribution in [0.3, 0.4) is 0 Å². The molecule has 0 fully saturated rings. The second-order valence-corrected chi connectivity index (χ2v) is 6.67. The Morgan fingerprint density at radius 1 is 1.00 bits per heavy atom. The van der Waals surface area contributed by atoms with Crippen molar-refractivity contribution < 1.29 is 9.04 Å². The molecular formula is C22H13BClFN2O. The number of benzene rings is 3. The molecule has 1 heterocycles. The van der Waals surface area contributed by atoms with E-state index in [2.05, 4.69) is 11.1 Å². The first-order valence-corrected chi connectivity index (χ1v) is 8.99.